The van der Waals surface area contributed by atoms with Gasteiger partial charge in [-0.3, -0.25) is 33.6 Å². The largest absolute Gasteiger partial charge is 0.326 e. The first-order valence-corrected chi connectivity index (χ1v) is 34.2. The van der Waals surface area contributed by atoms with Crippen LogP contribution in [0.1, 0.15) is 83.1 Å². The molecule has 0 heterocycles. The molecule has 13 nitrogen and oxygen atoms in total. The fourth-order valence-electron chi connectivity index (χ4n) is 9.76. The Bertz CT molecular complexity index is 4190. The number of rotatable bonds is 22. The normalized spacial score (nSPS) is 10.1. The Kier molecular flexibility index (Phi) is 35.1. The minimum atomic E-state index is -0.251. The smallest absolute Gasteiger partial charge is 0.248 e. The Morgan fingerprint density at radius 2 is 0.471 bits per heavy atom. The maximum atomic E-state index is 11.8. The predicted octanol–water partition coefficient (Wildman–Crippen LogP) is 19.9. The predicted molar refractivity (Wildman–Crippen MR) is 424 cm³/mol. The van der Waals surface area contributed by atoms with Crippen LogP contribution in [0.3, 0.4) is 0 Å². The number of carbonyl (C=O) groups excluding carboxylic acids is 7. The minimum Gasteiger partial charge on any atom is -0.326 e. The third kappa shape index (κ3) is 32.5. The van der Waals surface area contributed by atoms with Crippen molar-refractivity contribution >= 4 is 75.4 Å². The van der Waals surface area contributed by atoms with E-state index in [0.717, 1.165) is 51.7 Å². The molecule has 12 aromatic carbocycles. The third-order valence-electron chi connectivity index (χ3n) is 15.1. The molecule has 0 aliphatic heterocycles. The summed E-state index contributed by atoms with van der Waals surface area (Å²) < 4.78 is 0. The summed E-state index contributed by atoms with van der Waals surface area (Å²) in [6.45, 7) is 2.24. The van der Waals surface area contributed by atoms with Crippen LogP contribution >= 0.6 is 0 Å². The van der Waals surface area contributed by atoms with Gasteiger partial charge in [-0.15, -0.1) is 0 Å². The van der Waals surface area contributed by atoms with Crippen molar-refractivity contribution in [3.63, 3.8) is 0 Å². The van der Waals surface area contributed by atoms with Gasteiger partial charge in [-0.25, -0.2) is 0 Å². The van der Waals surface area contributed by atoms with Crippen LogP contribution in [-0.4, -0.2) is 41.2 Å². The van der Waals surface area contributed by atoms with E-state index >= 15 is 0 Å². The minimum absolute atomic E-state index is 0.0752. The average molecular weight is 1380 g/mol. The van der Waals surface area contributed by atoms with Crippen LogP contribution in [0.25, 0.3) is 0 Å². The fourth-order valence-corrected chi connectivity index (χ4v) is 9.76. The fraction of sp³-hybridized carbons (Fsp3) is 0.0879. The molecule has 0 fully saturated rings. The van der Waals surface area contributed by atoms with Gasteiger partial charge in [-0.05, 0) is 108 Å². The quantitative estimate of drug-likeness (QED) is 0.0221. The maximum absolute atomic E-state index is 11.8. The number of hydrogen-bond acceptors (Lipinski definition) is 7. The van der Waals surface area contributed by atoms with E-state index in [4.69, 9.17) is 0 Å². The first kappa shape index (κ1) is 78.0. The molecule has 0 aliphatic carbocycles. The van der Waals surface area contributed by atoms with Crippen molar-refractivity contribution in [3.8, 4) is 0 Å². The standard InChI is InChI=1S/C18H16N2O2.C17H18N2O2.C16H16N2O2.C14H14.C13H10O.C13H12/c21-17(19-15-9-3-1-4-10-15)13-7-8-14-18(22)20-16-11-5-2-6-12-16;20-16(18-14-8-3-1-4-9-14)12-7-13-17(21)19-15-10-5-2-6-11-15;19-15(17-13-7-3-1-4-8-13)11-12-16(20)18-14-9-5-2-6-10-14;1-12(13-8-4-2-5-9-13)14-10-6-3-7-11-14;14-13(11-7-3-1-4-8-11)12-9-5-2-6-10-12;1-3-7-12(8-4-1)11-13-9-5-2-6-10-13/h1-14H,(H,19,21)(H,20,22);1-6,8-11H,7,12-13H2,(H,18,20)(H,19,21);1-10H,11-12H2,(H,17,19)(H,18,20);2-12H,1H3;1-10H;1-10H,11H2. The summed E-state index contributed by atoms with van der Waals surface area (Å²) in [5, 5.41) is 16.5. The first-order valence-electron chi connectivity index (χ1n) is 34.2. The molecule has 0 spiro atoms. The van der Waals surface area contributed by atoms with Crippen LogP contribution in [0.2, 0.25) is 0 Å². The lowest BCUT2D eigenvalue weighted by molar-refractivity contribution is -0.121. The Morgan fingerprint density at radius 1 is 0.260 bits per heavy atom. The van der Waals surface area contributed by atoms with Crippen LogP contribution in [0, 0.1) is 0 Å². The van der Waals surface area contributed by atoms with Crippen LogP contribution in [0.4, 0.5) is 34.1 Å². The molecule has 0 radical (unpaired) electrons. The van der Waals surface area contributed by atoms with Crippen molar-refractivity contribution in [3.05, 3.63) is 422 Å². The molecular formula is C91H86N6O7. The van der Waals surface area contributed by atoms with E-state index in [1.807, 2.05) is 218 Å². The van der Waals surface area contributed by atoms with Gasteiger partial charge in [0.15, 0.2) is 5.78 Å². The van der Waals surface area contributed by atoms with Crippen molar-refractivity contribution in [1.82, 2.24) is 0 Å². The Hall–Kier alpha value is -13.4. The molecule has 0 aromatic heterocycles. The number of amides is 6. The van der Waals surface area contributed by atoms with Gasteiger partial charge in [-0.1, -0.05) is 310 Å². The molecule has 6 N–H and O–H groups in total. The van der Waals surface area contributed by atoms with E-state index in [9.17, 15) is 33.6 Å². The van der Waals surface area contributed by atoms with E-state index in [1.165, 1.54) is 46.6 Å². The summed E-state index contributed by atoms with van der Waals surface area (Å²) in [4.78, 5) is 81.9. The average Bonchev–Trinajstić information content (AvgIpc) is 0.890. The van der Waals surface area contributed by atoms with Gasteiger partial charge in [0.25, 0.3) is 0 Å². The molecule has 0 bridgehead atoms. The van der Waals surface area contributed by atoms with E-state index in [0.29, 0.717) is 25.2 Å². The lowest BCUT2D eigenvalue weighted by atomic mass is 9.93. The second-order valence-electron chi connectivity index (χ2n) is 23.2. The van der Waals surface area contributed by atoms with E-state index in [2.05, 4.69) is 160 Å². The zero-order valence-corrected chi connectivity index (χ0v) is 58.1. The third-order valence-corrected chi connectivity index (χ3v) is 15.1. The number of allylic oxidation sites excluding steroid dienone is 2. The van der Waals surface area contributed by atoms with Gasteiger partial charge in [0.05, 0.1) is 0 Å². The highest BCUT2D eigenvalue weighted by Crippen LogP contribution is 2.23. The molecule has 0 aliphatic rings. The molecule has 522 valence electrons. The zero-order chi connectivity index (χ0) is 73.3. The van der Waals surface area contributed by atoms with Gasteiger partial charge in [0, 0.05) is 89.0 Å². The SMILES string of the molecule is CC(c1ccccc1)c1ccccc1.O=C(C=CC=CC(=O)Nc1ccccc1)Nc1ccccc1.O=C(CCC(=O)Nc1ccccc1)Nc1ccccc1.O=C(CCCC(=O)Nc1ccccc1)Nc1ccccc1.O=C(c1ccccc1)c1ccccc1.c1ccc(Cc2ccccc2)cc1. The van der Waals surface area contributed by atoms with E-state index < -0.39 is 0 Å². The van der Waals surface area contributed by atoms with Crippen molar-refractivity contribution < 1.29 is 33.6 Å². The van der Waals surface area contributed by atoms with E-state index in [-0.39, 0.29) is 54.1 Å². The lowest BCUT2D eigenvalue weighted by Crippen LogP contribution is -2.17. The zero-order valence-electron chi connectivity index (χ0n) is 58.1. The van der Waals surface area contributed by atoms with Crippen LogP contribution in [0.15, 0.2) is 388 Å². The Labute approximate surface area is 610 Å². The second-order valence-corrected chi connectivity index (χ2v) is 23.2. The molecule has 13 heteroatoms. The summed E-state index contributed by atoms with van der Waals surface area (Å²) in [5.74, 6) is -0.427. The maximum Gasteiger partial charge on any atom is 0.248 e. The van der Waals surface area contributed by atoms with Gasteiger partial charge in [0.2, 0.25) is 35.4 Å². The van der Waals surface area contributed by atoms with Crippen molar-refractivity contribution in [2.45, 2.75) is 51.4 Å². The molecule has 0 saturated carbocycles. The van der Waals surface area contributed by atoms with Gasteiger partial charge < -0.3 is 31.9 Å². The summed E-state index contributed by atoms with van der Waals surface area (Å²) in [7, 11) is 0. The number of anilines is 6. The second kappa shape index (κ2) is 46.8. The summed E-state index contributed by atoms with van der Waals surface area (Å²) in [6.07, 6.45) is 8.29. The van der Waals surface area contributed by atoms with Crippen molar-refractivity contribution in [1.29, 1.82) is 0 Å². The molecule has 6 amide bonds. The van der Waals surface area contributed by atoms with Crippen LogP contribution in [-0.2, 0) is 35.2 Å². The highest BCUT2D eigenvalue weighted by Gasteiger charge is 2.11. The molecule has 12 rings (SSSR count). The topological polar surface area (TPSA) is 192 Å². The monoisotopic (exact) mass is 1370 g/mol. The molecule has 0 unspecified atom stereocenters. The molecule has 12 aromatic rings. The van der Waals surface area contributed by atoms with Crippen molar-refractivity contribution in [2.24, 2.45) is 0 Å². The Balaban J connectivity index is 0.000000176. The molecular weight excluding hydrogens is 1290 g/mol. The molecule has 0 atom stereocenters. The van der Waals surface area contributed by atoms with Crippen LogP contribution < -0.4 is 31.9 Å². The molecule has 0 saturated heterocycles. The number of carbonyl (C=O) groups is 7. The molecule has 104 heavy (non-hydrogen) atoms. The lowest BCUT2D eigenvalue weighted by Gasteiger charge is -2.11. The summed E-state index contributed by atoms with van der Waals surface area (Å²) >= 11 is 0. The summed E-state index contributed by atoms with van der Waals surface area (Å²) in [6, 6.07) is 116. The van der Waals surface area contributed by atoms with E-state index in [1.54, 1.807) is 24.3 Å². The number of hydrogen-bond donors (Lipinski definition) is 6. The van der Waals surface area contributed by atoms with Crippen LogP contribution in [0.5, 0.6) is 0 Å². The Morgan fingerprint density at radius 3 is 0.731 bits per heavy atom. The van der Waals surface area contributed by atoms with Gasteiger partial charge in [0.1, 0.15) is 0 Å². The number of ketones is 1. The highest BCUT2D eigenvalue weighted by molar-refractivity contribution is 6.09. The first-order chi connectivity index (χ1) is 50.9. The highest BCUT2D eigenvalue weighted by atomic mass is 16.2. The van der Waals surface area contributed by atoms with Gasteiger partial charge in [-0.2, -0.15) is 0 Å². The van der Waals surface area contributed by atoms with Crippen molar-refractivity contribution in [2.75, 3.05) is 31.9 Å². The number of para-hydroxylation sites is 6. The summed E-state index contributed by atoms with van der Waals surface area (Å²) in [5.41, 5.74) is 11.4. The number of benzene rings is 12. The number of nitrogens with one attached hydrogen (secondary N) is 6. The van der Waals surface area contributed by atoms with Gasteiger partial charge >= 0.3 is 0 Å².